The van der Waals surface area contributed by atoms with Crippen LogP contribution in [0.5, 0.6) is 0 Å². The van der Waals surface area contributed by atoms with Crippen molar-refractivity contribution in [3.05, 3.63) is 27.1 Å². The SMILES string of the molecule is CCSc1nnc(SCc2nn3c(=O)cc(C)nc3s2)s1. The average Bonchev–Trinajstić information content (AvgIpc) is 3.03. The van der Waals surface area contributed by atoms with Crippen molar-refractivity contribution in [1.82, 2.24) is 24.8 Å². The molecule has 0 aliphatic rings. The number of aromatic nitrogens is 5. The van der Waals surface area contributed by atoms with Crippen LogP contribution >= 0.6 is 46.2 Å². The largest absolute Gasteiger partial charge is 0.275 e. The topological polar surface area (TPSA) is 73.0 Å². The molecule has 0 spiro atoms. The van der Waals surface area contributed by atoms with Crippen LogP contribution in [0.1, 0.15) is 17.6 Å². The Labute approximate surface area is 137 Å². The Morgan fingerprint density at radius 1 is 1.24 bits per heavy atom. The fraction of sp³-hybridized carbons (Fsp3) is 0.364. The average molecular weight is 358 g/mol. The molecule has 0 amide bonds. The zero-order valence-corrected chi connectivity index (χ0v) is 14.5. The molecule has 0 aromatic carbocycles. The molecule has 0 fully saturated rings. The summed E-state index contributed by atoms with van der Waals surface area (Å²) >= 11 is 6.29. The second-order valence-electron chi connectivity index (χ2n) is 3.98. The predicted molar refractivity (Wildman–Crippen MR) is 87.7 cm³/mol. The van der Waals surface area contributed by atoms with Gasteiger partial charge in [0, 0.05) is 11.8 Å². The summed E-state index contributed by atoms with van der Waals surface area (Å²) in [6, 6.07) is 1.49. The highest BCUT2D eigenvalue weighted by Gasteiger charge is 2.10. The van der Waals surface area contributed by atoms with Gasteiger partial charge in [-0.1, -0.05) is 53.1 Å². The molecule has 0 saturated carbocycles. The van der Waals surface area contributed by atoms with Gasteiger partial charge >= 0.3 is 0 Å². The summed E-state index contributed by atoms with van der Waals surface area (Å²) < 4.78 is 3.26. The fourth-order valence-corrected chi connectivity index (χ4v) is 5.43. The molecular formula is C11H11N5OS4. The molecule has 0 saturated heterocycles. The minimum atomic E-state index is -0.137. The number of aryl methyl sites for hydroxylation is 1. The van der Waals surface area contributed by atoms with Crippen molar-refractivity contribution in [3.8, 4) is 0 Å². The van der Waals surface area contributed by atoms with E-state index in [1.54, 1.807) is 34.9 Å². The predicted octanol–water partition coefficient (Wildman–Crippen LogP) is 2.72. The van der Waals surface area contributed by atoms with Crippen LogP contribution in [0.2, 0.25) is 0 Å². The molecule has 6 nitrogen and oxygen atoms in total. The quantitative estimate of drug-likeness (QED) is 0.650. The minimum Gasteiger partial charge on any atom is -0.267 e. The molecule has 21 heavy (non-hydrogen) atoms. The Kier molecular flexibility index (Phi) is 4.57. The van der Waals surface area contributed by atoms with Gasteiger partial charge in [0.05, 0.1) is 5.75 Å². The minimum absolute atomic E-state index is 0.137. The van der Waals surface area contributed by atoms with Crippen LogP contribution in [0, 0.1) is 6.92 Å². The maximum Gasteiger partial charge on any atom is 0.275 e. The lowest BCUT2D eigenvalue weighted by Crippen LogP contribution is -2.14. The molecule has 3 aromatic heterocycles. The summed E-state index contributed by atoms with van der Waals surface area (Å²) in [6.45, 7) is 3.90. The smallest absolute Gasteiger partial charge is 0.267 e. The zero-order chi connectivity index (χ0) is 14.8. The van der Waals surface area contributed by atoms with Gasteiger partial charge in [-0.25, -0.2) is 4.98 Å². The van der Waals surface area contributed by atoms with Crippen LogP contribution in [-0.2, 0) is 5.75 Å². The first-order valence-corrected chi connectivity index (χ1v) is 9.71. The molecular weight excluding hydrogens is 346 g/mol. The van der Waals surface area contributed by atoms with E-state index in [-0.39, 0.29) is 5.56 Å². The van der Waals surface area contributed by atoms with E-state index < -0.39 is 0 Å². The lowest BCUT2D eigenvalue weighted by atomic mass is 10.5. The first kappa shape index (κ1) is 14.9. The standard InChI is InChI=1S/C11H11N5OS4/c1-3-18-10-13-14-11(21-10)19-5-7-15-16-8(17)4-6(2)12-9(16)20-7/h4H,3,5H2,1-2H3. The van der Waals surface area contributed by atoms with E-state index in [0.29, 0.717) is 16.4 Å². The van der Waals surface area contributed by atoms with Gasteiger partial charge in [-0.15, -0.1) is 10.2 Å². The van der Waals surface area contributed by atoms with Crippen LogP contribution in [-0.4, -0.2) is 30.5 Å². The number of hydrogen-bond acceptors (Lipinski definition) is 9. The monoisotopic (exact) mass is 357 g/mol. The Morgan fingerprint density at radius 3 is 2.76 bits per heavy atom. The molecule has 110 valence electrons. The molecule has 10 heteroatoms. The van der Waals surface area contributed by atoms with Crippen molar-refractivity contribution >= 4 is 51.2 Å². The molecule has 0 atom stereocenters. The van der Waals surface area contributed by atoms with Gasteiger partial charge in [0.2, 0.25) is 4.96 Å². The molecule has 3 heterocycles. The normalized spacial score (nSPS) is 11.3. The third kappa shape index (κ3) is 3.44. The Bertz CT molecular complexity index is 823. The Hall–Kier alpha value is -0.970. The molecule has 3 aromatic rings. The van der Waals surface area contributed by atoms with Gasteiger partial charge in [0.15, 0.2) is 8.68 Å². The summed E-state index contributed by atoms with van der Waals surface area (Å²) in [4.78, 5) is 16.8. The lowest BCUT2D eigenvalue weighted by molar-refractivity contribution is 0.870. The molecule has 0 N–H and O–H groups in total. The highest BCUT2D eigenvalue weighted by Crippen LogP contribution is 2.31. The molecule has 3 rings (SSSR count). The highest BCUT2D eigenvalue weighted by molar-refractivity contribution is 8.02. The zero-order valence-electron chi connectivity index (χ0n) is 11.3. The molecule has 0 radical (unpaired) electrons. The second-order valence-corrected chi connectivity index (χ2v) is 8.73. The second kappa shape index (κ2) is 6.42. The van der Waals surface area contributed by atoms with Crippen molar-refractivity contribution in [2.24, 2.45) is 0 Å². The summed E-state index contributed by atoms with van der Waals surface area (Å²) in [6.07, 6.45) is 0. The number of nitrogens with zero attached hydrogens (tertiary/aromatic N) is 5. The van der Waals surface area contributed by atoms with Gasteiger partial charge in [0.25, 0.3) is 5.56 Å². The van der Waals surface area contributed by atoms with Gasteiger partial charge in [-0.2, -0.15) is 9.61 Å². The van der Waals surface area contributed by atoms with Crippen LogP contribution in [0.4, 0.5) is 0 Å². The maximum absolute atomic E-state index is 11.8. The van der Waals surface area contributed by atoms with E-state index in [0.717, 1.165) is 19.4 Å². The van der Waals surface area contributed by atoms with Crippen LogP contribution in [0.25, 0.3) is 4.96 Å². The number of rotatable bonds is 5. The van der Waals surface area contributed by atoms with Crippen molar-refractivity contribution in [1.29, 1.82) is 0 Å². The summed E-state index contributed by atoms with van der Waals surface area (Å²) in [7, 11) is 0. The van der Waals surface area contributed by atoms with Crippen molar-refractivity contribution in [3.63, 3.8) is 0 Å². The highest BCUT2D eigenvalue weighted by atomic mass is 32.2. The van der Waals surface area contributed by atoms with Gasteiger partial charge in [-0.05, 0) is 12.7 Å². The number of fused-ring (bicyclic) bond motifs is 1. The Balaban J connectivity index is 1.75. The first-order valence-electron chi connectivity index (χ1n) is 6.11. The molecule has 0 bridgehead atoms. The first-order chi connectivity index (χ1) is 10.2. The van der Waals surface area contributed by atoms with Crippen LogP contribution in [0.15, 0.2) is 19.5 Å². The van der Waals surface area contributed by atoms with Crippen molar-refractivity contribution in [2.45, 2.75) is 28.3 Å². The third-order valence-electron chi connectivity index (χ3n) is 2.39. The van der Waals surface area contributed by atoms with E-state index >= 15 is 0 Å². The van der Waals surface area contributed by atoms with Crippen molar-refractivity contribution < 1.29 is 0 Å². The van der Waals surface area contributed by atoms with Gasteiger partial charge in [0.1, 0.15) is 5.01 Å². The lowest BCUT2D eigenvalue weighted by Gasteiger charge is -1.90. The fourth-order valence-electron chi connectivity index (χ4n) is 1.58. The summed E-state index contributed by atoms with van der Waals surface area (Å²) in [5.74, 6) is 1.66. The summed E-state index contributed by atoms with van der Waals surface area (Å²) in [5.41, 5.74) is 0.579. The van der Waals surface area contributed by atoms with Gasteiger partial charge in [-0.3, -0.25) is 4.79 Å². The van der Waals surface area contributed by atoms with E-state index in [1.807, 2.05) is 6.92 Å². The Morgan fingerprint density at radius 2 is 2.00 bits per heavy atom. The maximum atomic E-state index is 11.8. The summed E-state index contributed by atoms with van der Waals surface area (Å²) in [5, 5.41) is 13.4. The number of hydrogen-bond donors (Lipinski definition) is 0. The van der Waals surface area contributed by atoms with Crippen molar-refractivity contribution in [2.75, 3.05) is 5.75 Å². The molecule has 0 unspecified atom stereocenters. The van der Waals surface area contributed by atoms with Crippen LogP contribution in [0.3, 0.4) is 0 Å². The van der Waals surface area contributed by atoms with E-state index in [9.17, 15) is 4.79 Å². The van der Waals surface area contributed by atoms with E-state index in [1.165, 1.54) is 21.9 Å². The van der Waals surface area contributed by atoms with E-state index in [4.69, 9.17) is 0 Å². The number of thioether (sulfide) groups is 2. The van der Waals surface area contributed by atoms with Gasteiger partial charge < -0.3 is 0 Å². The molecule has 0 aliphatic carbocycles. The van der Waals surface area contributed by atoms with E-state index in [2.05, 4.69) is 27.2 Å². The van der Waals surface area contributed by atoms with Crippen LogP contribution < -0.4 is 5.56 Å². The molecule has 0 aliphatic heterocycles. The third-order valence-corrected chi connectivity index (χ3v) is 6.56.